The molecule has 0 atom stereocenters. The van der Waals surface area contributed by atoms with Gasteiger partial charge in [0, 0.05) is 44.3 Å². The predicted molar refractivity (Wildman–Crippen MR) is 88.5 cm³/mol. The number of anilines is 1. The van der Waals surface area contributed by atoms with Crippen LogP contribution in [0.4, 0.5) is 5.69 Å². The van der Waals surface area contributed by atoms with Crippen LogP contribution in [0.2, 0.25) is 0 Å². The van der Waals surface area contributed by atoms with Gasteiger partial charge >= 0.3 is 0 Å². The Kier molecular flexibility index (Phi) is 7.13. The second-order valence-electron chi connectivity index (χ2n) is 5.14. The Morgan fingerprint density at radius 2 is 2.17 bits per heavy atom. The molecule has 1 amide bonds. The van der Waals surface area contributed by atoms with E-state index in [0.29, 0.717) is 26.2 Å². The zero-order valence-electron chi connectivity index (χ0n) is 13.4. The van der Waals surface area contributed by atoms with E-state index in [1.807, 2.05) is 41.2 Å². The Labute approximate surface area is 136 Å². The minimum Gasteiger partial charge on any atom is -0.492 e. The number of benzene rings is 1. The maximum absolute atomic E-state index is 11.9. The highest BCUT2D eigenvalue weighted by Crippen LogP contribution is 2.17. The van der Waals surface area contributed by atoms with Crippen LogP contribution < -0.4 is 10.1 Å². The molecule has 0 aliphatic heterocycles. The molecule has 2 aromatic rings. The van der Waals surface area contributed by atoms with Crippen molar-refractivity contribution in [3.63, 3.8) is 0 Å². The van der Waals surface area contributed by atoms with E-state index in [2.05, 4.69) is 10.4 Å². The third kappa shape index (κ3) is 6.52. The molecule has 0 fully saturated rings. The fourth-order valence-corrected chi connectivity index (χ4v) is 2.11. The largest absolute Gasteiger partial charge is 0.492 e. The van der Waals surface area contributed by atoms with E-state index in [9.17, 15) is 4.79 Å². The second kappa shape index (κ2) is 9.63. The first-order chi connectivity index (χ1) is 11.3. The number of aromatic nitrogens is 2. The smallest absolute Gasteiger partial charge is 0.224 e. The Hall–Kier alpha value is -2.34. The summed E-state index contributed by atoms with van der Waals surface area (Å²) in [6.07, 6.45) is 5.83. The van der Waals surface area contributed by atoms with Crippen LogP contribution in [0.1, 0.15) is 19.3 Å². The summed E-state index contributed by atoms with van der Waals surface area (Å²) in [5.74, 6) is 0.740. The Morgan fingerprint density at radius 1 is 1.26 bits per heavy atom. The highest BCUT2D eigenvalue weighted by Gasteiger charge is 2.03. The van der Waals surface area contributed by atoms with E-state index in [1.165, 1.54) is 0 Å². The van der Waals surface area contributed by atoms with Gasteiger partial charge in [-0.3, -0.25) is 9.48 Å². The number of ether oxygens (including phenoxy) is 2. The number of amides is 1. The number of hydrogen-bond donors (Lipinski definition) is 1. The van der Waals surface area contributed by atoms with Crippen molar-refractivity contribution in [2.45, 2.75) is 25.8 Å². The molecule has 1 heterocycles. The first-order valence-electron chi connectivity index (χ1n) is 7.77. The molecule has 0 spiro atoms. The minimum atomic E-state index is 0.00907. The van der Waals surface area contributed by atoms with E-state index in [0.717, 1.165) is 24.3 Å². The third-order valence-corrected chi connectivity index (χ3v) is 3.27. The zero-order chi connectivity index (χ0) is 16.3. The van der Waals surface area contributed by atoms with Gasteiger partial charge in [0.25, 0.3) is 0 Å². The standard InChI is InChI=1S/C17H23N3O3/c1-22-12-3-2-8-17(21)19-15-6-4-7-16(14-15)23-13-11-20-10-5-9-18-20/h4-7,9-10,14H,2-3,8,11-13H2,1H3,(H,19,21). The monoisotopic (exact) mass is 317 g/mol. The van der Waals surface area contributed by atoms with Crippen LogP contribution in [0, 0.1) is 0 Å². The van der Waals surface area contributed by atoms with Crippen molar-refractivity contribution in [2.75, 3.05) is 25.6 Å². The SMILES string of the molecule is COCCCCC(=O)Nc1cccc(OCCn2cccn2)c1. The average molecular weight is 317 g/mol. The normalized spacial score (nSPS) is 10.5. The first kappa shape index (κ1) is 17.0. The summed E-state index contributed by atoms with van der Waals surface area (Å²) in [7, 11) is 1.66. The molecule has 23 heavy (non-hydrogen) atoms. The third-order valence-electron chi connectivity index (χ3n) is 3.27. The molecule has 2 rings (SSSR count). The van der Waals surface area contributed by atoms with E-state index in [1.54, 1.807) is 13.3 Å². The lowest BCUT2D eigenvalue weighted by molar-refractivity contribution is -0.116. The molecular formula is C17H23N3O3. The number of hydrogen-bond acceptors (Lipinski definition) is 4. The van der Waals surface area contributed by atoms with Gasteiger partial charge in [0.15, 0.2) is 0 Å². The number of rotatable bonds is 10. The topological polar surface area (TPSA) is 65.4 Å². The number of carbonyl (C=O) groups is 1. The second-order valence-corrected chi connectivity index (χ2v) is 5.14. The summed E-state index contributed by atoms with van der Waals surface area (Å²) in [5.41, 5.74) is 0.748. The van der Waals surface area contributed by atoms with E-state index >= 15 is 0 Å². The first-order valence-corrected chi connectivity index (χ1v) is 7.77. The van der Waals surface area contributed by atoms with Crippen molar-refractivity contribution in [3.8, 4) is 5.75 Å². The molecule has 0 radical (unpaired) electrons. The lowest BCUT2D eigenvalue weighted by atomic mass is 10.2. The Morgan fingerprint density at radius 3 is 2.96 bits per heavy atom. The van der Waals surface area contributed by atoms with Crippen molar-refractivity contribution in [3.05, 3.63) is 42.7 Å². The average Bonchev–Trinajstić information content (AvgIpc) is 3.05. The van der Waals surface area contributed by atoms with E-state index < -0.39 is 0 Å². The molecule has 6 nitrogen and oxygen atoms in total. The Bertz CT molecular complexity index is 585. The van der Waals surface area contributed by atoms with Gasteiger partial charge < -0.3 is 14.8 Å². The van der Waals surface area contributed by atoms with Crippen LogP contribution in [0.25, 0.3) is 0 Å². The van der Waals surface area contributed by atoms with Crippen LogP contribution >= 0.6 is 0 Å². The minimum absolute atomic E-state index is 0.00907. The number of carbonyl (C=O) groups excluding carboxylic acids is 1. The van der Waals surface area contributed by atoms with Crippen molar-refractivity contribution in [1.82, 2.24) is 9.78 Å². The number of nitrogens with zero attached hydrogens (tertiary/aromatic N) is 2. The van der Waals surface area contributed by atoms with Crippen molar-refractivity contribution < 1.29 is 14.3 Å². The van der Waals surface area contributed by atoms with Gasteiger partial charge in [0.2, 0.25) is 5.91 Å². The predicted octanol–water partition coefficient (Wildman–Crippen LogP) is 2.72. The summed E-state index contributed by atoms with van der Waals surface area (Å²) in [4.78, 5) is 11.9. The van der Waals surface area contributed by atoms with Crippen molar-refractivity contribution in [2.24, 2.45) is 0 Å². The lowest BCUT2D eigenvalue weighted by Gasteiger charge is -2.09. The summed E-state index contributed by atoms with van der Waals surface area (Å²) in [6, 6.07) is 9.30. The molecule has 6 heteroatoms. The van der Waals surface area contributed by atoms with E-state index in [4.69, 9.17) is 9.47 Å². The Balaban J connectivity index is 1.74. The van der Waals surface area contributed by atoms with Crippen LogP contribution in [0.15, 0.2) is 42.7 Å². The van der Waals surface area contributed by atoms with Gasteiger partial charge in [-0.15, -0.1) is 0 Å². The number of unbranched alkanes of at least 4 members (excludes halogenated alkanes) is 1. The molecule has 0 aliphatic rings. The summed E-state index contributed by atoms with van der Waals surface area (Å²) in [5, 5.41) is 7.00. The van der Waals surface area contributed by atoms with Gasteiger partial charge in [-0.1, -0.05) is 6.07 Å². The number of methoxy groups -OCH3 is 1. The molecule has 1 N–H and O–H groups in total. The van der Waals surface area contributed by atoms with Crippen LogP contribution in [-0.4, -0.2) is 36.0 Å². The van der Waals surface area contributed by atoms with Gasteiger partial charge in [-0.2, -0.15) is 5.10 Å². The summed E-state index contributed by atoms with van der Waals surface area (Å²) >= 11 is 0. The van der Waals surface area contributed by atoms with Crippen LogP contribution in [0.3, 0.4) is 0 Å². The van der Waals surface area contributed by atoms with Gasteiger partial charge in [0.05, 0.1) is 6.54 Å². The molecular weight excluding hydrogens is 294 g/mol. The zero-order valence-corrected chi connectivity index (χ0v) is 13.4. The quantitative estimate of drug-likeness (QED) is 0.684. The molecule has 0 saturated heterocycles. The molecule has 0 saturated carbocycles. The lowest BCUT2D eigenvalue weighted by Crippen LogP contribution is -2.12. The number of nitrogens with one attached hydrogen (secondary N) is 1. The van der Waals surface area contributed by atoms with Gasteiger partial charge in [-0.05, 0) is 31.0 Å². The van der Waals surface area contributed by atoms with Crippen molar-refractivity contribution in [1.29, 1.82) is 0 Å². The molecule has 1 aromatic carbocycles. The summed E-state index contributed by atoms with van der Waals surface area (Å²) < 4.78 is 12.5. The van der Waals surface area contributed by atoms with Crippen LogP contribution in [0.5, 0.6) is 5.75 Å². The highest BCUT2D eigenvalue weighted by atomic mass is 16.5. The summed E-state index contributed by atoms with van der Waals surface area (Å²) in [6.45, 7) is 1.89. The fraction of sp³-hybridized carbons (Fsp3) is 0.412. The van der Waals surface area contributed by atoms with E-state index in [-0.39, 0.29) is 5.91 Å². The fourth-order valence-electron chi connectivity index (χ4n) is 2.11. The van der Waals surface area contributed by atoms with Gasteiger partial charge in [0.1, 0.15) is 12.4 Å². The highest BCUT2D eigenvalue weighted by molar-refractivity contribution is 5.90. The maximum atomic E-state index is 11.9. The molecule has 0 bridgehead atoms. The van der Waals surface area contributed by atoms with Gasteiger partial charge in [-0.25, -0.2) is 0 Å². The molecule has 1 aromatic heterocycles. The van der Waals surface area contributed by atoms with Crippen molar-refractivity contribution >= 4 is 11.6 Å². The molecule has 0 aliphatic carbocycles. The maximum Gasteiger partial charge on any atom is 0.224 e. The molecule has 124 valence electrons. The molecule has 0 unspecified atom stereocenters. The van der Waals surface area contributed by atoms with Crippen LogP contribution in [-0.2, 0) is 16.1 Å².